The number of amides is 1. The lowest BCUT2D eigenvalue weighted by Gasteiger charge is -2.26. The highest BCUT2D eigenvalue weighted by Crippen LogP contribution is 2.25. The summed E-state index contributed by atoms with van der Waals surface area (Å²) in [6.07, 6.45) is 0. The van der Waals surface area contributed by atoms with E-state index in [0.717, 1.165) is 38.5 Å². The van der Waals surface area contributed by atoms with Crippen molar-refractivity contribution in [3.63, 3.8) is 0 Å². The Balaban J connectivity index is 1.53. The lowest BCUT2D eigenvalue weighted by Crippen LogP contribution is -2.41. The van der Waals surface area contributed by atoms with Crippen LogP contribution in [0.2, 0.25) is 0 Å². The number of benzene rings is 1. The Morgan fingerprint density at radius 2 is 2.04 bits per heavy atom. The van der Waals surface area contributed by atoms with E-state index in [2.05, 4.69) is 20.5 Å². The summed E-state index contributed by atoms with van der Waals surface area (Å²) in [6, 6.07) is 6.02. The number of aryl methyl sites for hydroxylation is 1. The first-order chi connectivity index (χ1) is 12.1. The van der Waals surface area contributed by atoms with Gasteiger partial charge < -0.3 is 15.4 Å². The van der Waals surface area contributed by atoms with E-state index in [1.165, 1.54) is 23.5 Å². The van der Waals surface area contributed by atoms with Gasteiger partial charge in [0.05, 0.1) is 18.9 Å². The van der Waals surface area contributed by atoms with Crippen LogP contribution in [0.25, 0.3) is 0 Å². The van der Waals surface area contributed by atoms with Crippen molar-refractivity contribution in [2.24, 2.45) is 0 Å². The third kappa shape index (κ3) is 4.97. The molecule has 1 aromatic carbocycles. The first-order valence-electron chi connectivity index (χ1n) is 8.20. The molecule has 0 aliphatic carbocycles. The number of ether oxygens (including phenoxy) is 1. The molecule has 1 aromatic heterocycles. The maximum atomic E-state index is 12.9. The number of morpholine rings is 1. The molecule has 0 spiro atoms. The van der Waals surface area contributed by atoms with Crippen molar-refractivity contribution in [3.8, 4) is 0 Å². The lowest BCUT2D eigenvalue weighted by atomic mass is 10.3. The van der Waals surface area contributed by atoms with E-state index in [-0.39, 0.29) is 11.7 Å². The minimum absolute atomic E-state index is 0.115. The Labute approximate surface area is 150 Å². The van der Waals surface area contributed by atoms with Gasteiger partial charge in [0.2, 0.25) is 0 Å². The maximum absolute atomic E-state index is 12.9. The van der Waals surface area contributed by atoms with Crippen LogP contribution in [0.15, 0.2) is 24.3 Å². The fraction of sp³-hybridized carbons (Fsp3) is 0.412. The molecule has 1 aliphatic heterocycles. The molecule has 0 atom stereocenters. The van der Waals surface area contributed by atoms with Gasteiger partial charge in [-0.2, -0.15) is 0 Å². The molecule has 1 amide bonds. The van der Waals surface area contributed by atoms with Crippen molar-refractivity contribution in [1.29, 1.82) is 0 Å². The normalized spacial score (nSPS) is 15.1. The highest BCUT2D eigenvalue weighted by Gasteiger charge is 2.16. The predicted octanol–water partition coefficient (Wildman–Crippen LogP) is 2.40. The number of nitrogens with zero attached hydrogens (tertiary/aromatic N) is 2. The van der Waals surface area contributed by atoms with Crippen molar-refractivity contribution in [2.45, 2.75) is 6.92 Å². The molecule has 25 heavy (non-hydrogen) atoms. The summed E-state index contributed by atoms with van der Waals surface area (Å²) in [5, 5.41) is 6.65. The number of aromatic nitrogens is 1. The van der Waals surface area contributed by atoms with E-state index in [1.54, 1.807) is 12.1 Å². The van der Waals surface area contributed by atoms with Gasteiger partial charge in [0.25, 0.3) is 5.91 Å². The van der Waals surface area contributed by atoms with Crippen molar-refractivity contribution in [1.82, 2.24) is 15.2 Å². The molecule has 1 saturated heterocycles. The van der Waals surface area contributed by atoms with Crippen LogP contribution in [0.5, 0.6) is 0 Å². The number of carbonyl (C=O) groups excluding carboxylic acids is 1. The van der Waals surface area contributed by atoms with Gasteiger partial charge in [0.15, 0.2) is 5.13 Å². The lowest BCUT2D eigenvalue weighted by molar-refractivity contribution is 0.0383. The maximum Gasteiger partial charge on any atom is 0.263 e. The van der Waals surface area contributed by atoms with Gasteiger partial charge in [0, 0.05) is 31.9 Å². The number of anilines is 2. The third-order valence-electron chi connectivity index (χ3n) is 3.92. The quantitative estimate of drug-likeness (QED) is 0.824. The van der Waals surface area contributed by atoms with E-state index in [1.807, 2.05) is 6.92 Å². The Morgan fingerprint density at radius 3 is 2.76 bits per heavy atom. The van der Waals surface area contributed by atoms with Crippen molar-refractivity contribution in [3.05, 3.63) is 40.7 Å². The molecule has 3 rings (SSSR count). The molecule has 0 radical (unpaired) electrons. The number of hydrogen-bond acceptors (Lipinski definition) is 6. The monoisotopic (exact) mass is 364 g/mol. The number of thiazole rings is 1. The highest BCUT2D eigenvalue weighted by atomic mass is 32.1. The van der Waals surface area contributed by atoms with Gasteiger partial charge in [-0.1, -0.05) is 11.3 Å². The van der Waals surface area contributed by atoms with Crippen LogP contribution in [0, 0.1) is 12.7 Å². The van der Waals surface area contributed by atoms with Gasteiger partial charge in [-0.25, -0.2) is 9.37 Å². The number of nitrogens with one attached hydrogen (secondary N) is 2. The minimum atomic E-state index is -0.291. The Bertz CT molecular complexity index is 714. The summed E-state index contributed by atoms with van der Waals surface area (Å²) in [4.78, 5) is 19.6. The summed E-state index contributed by atoms with van der Waals surface area (Å²) < 4.78 is 18.3. The van der Waals surface area contributed by atoms with E-state index >= 15 is 0 Å². The minimum Gasteiger partial charge on any atom is -0.379 e. The van der Waals surface area contributed by atoms with E-state index in [4.69, 9.17) is 4.74 Å². The molecule has 2 N–H and O–H groups in total. The molecule has 1 fully saturated rings. The molecule has 0 saturated carbocycles. The fourth-order valence-corrected chi connectivity index (χ4v) is 3.45. The molecular weight excluding hydrogens is 343 g/mol. The van der Waals surface area contributed by atoms with Crippen LogP contribution in [-0.2, 0) is 4.74 Å². The van der Waals surface area contributed by atoms with Crippen molar-refractivity contribution < 1.29 is 13.9 Å². The smallest absolute Gasteiger partial charge is 0.263 e. The summed E-state index contributed by atoms with van der Waals surface area (Å²) >= 11 is 1.29. The van der Waals surface area contributed by atoms with E-state index in [0.29, 0.717) is 22.2 Å². The van der Waals surface area contributed by atoms with Crippen LogP contribution in [0.1, 0.15) is 15.4 Å². The number of hydrogen-bond donors (Lipinski definition) is 2. The first-order valence-corrected chi connectivity index (χ1v) is 9.02. The fourth-order valence-electron chi connectivity index (χ4n) is 2.55. The molecule has 2 heterocycles. The van der Waals surface area contributed by atoms with Crippen molar-refractivity contribution in [2.75, 3.05) is 44.7 Å². The standard InChI is InChI=1S/C17H21FN4O2S/c1-12-15(16(23)19-6-7-22-8-10-24-11-9-22)25-17(20-12)21-14-4-2-13(18)3-5-14/h2-5H,6-11H2,1H3,(H,19,23)(H,20,21). The summed E-state index contributed by atoms with van der Waals surface area (Å²) in [5.41, 5.74) is 1.41. The van der Waals surface area contributed by atoms with Gasteiger partial charge >= 0.3 is 0 Å². The molecule has 0 unspecified atom stereocenters. The molecule has 134 valence electrons. The third-order valence-corrected chi connectivity index (χ3v) is 4.99. The van der Waals surface area contributed by atoms with Crippen LogP contribution in [0.3, 0.4) is 0 Å². The second-order valence-electron chi connectivity index (χ2n) is 5.78. The second kappa shape index (κ2) is 8.37. The van der Waals surface area contributed by atoms with E-state index < -0.39 is 0 Å². The number of carbonyl (C=O) groups is 1. The Morgan fingerprint density at radius 1 is 1.32 bits per heavy atom. The largest absolute Gasteiger partial charge is 0.379 e. The summed E-state index contributed by atoms with van der Waals surface area (Å²) in [5.74, 6) is -0.406. The molecule has 6 nitrogen and oxygen atoms in total. The topological polar surface area (TPSA) is 66.5 Å². The Kier molecular flexibility index (Phi) is 5.95. The van der Waals surface area contributed by atoms with Crippen LogP contribution in [0.4, 0.5) is 15.2 Å². The molecule has 8 heteroatoms. The van der Waals surface area contributed by atoms with Crippen LogP contribution < -0.4 is 10.6 Å². The second-order valence-corrected chi connectivity index (χ2v) is 6.77. The zero-order chi connectivity index (χ0) is 17.6. The average Bonchev–Trinajstić information content (AvgIpc) is 2.98. The van der Waals surface area contributed by atoms with Crippen LogP contribution >= 0.6 is 11.3 Å². The van der Waals surface area contributed by atoms with Gasteiger partial charge in [-0.05, 0) is 31.2 Å². The summed E-state index contributed by atoms with van der Waals surface area (Å²) in [6.45, 7) is 6.52. The van der Waals surface area contributed by atoms with E-state index in [9.17, 15) is 9.18 Å². The average molecular weight is 364 g/mol. The molecule has 2 aromatic rings. The SMILES string of the molecule is Cc1nc(Nc2ccc(F)cc2)sc1C(=O)NCCN1CCOCC1. The highest BCUT2D eigenvalue weighted by molar-refractivity contribution is 7.17. The molecule has 1 aliphatic rings. The zero-order valence-electron chi connectivity index (χ0n) is 14.0. The first kappa shape index (κ1) is 17.8. The summed E-state index contributed by atoms with van der Waals surface area (Å²) in [7, 11) is 0. The number of halogens is 1. The van der Waals surface area contributed by atoms with Gasteiger partial charge in [-0.15, -0.1) is 0 Å². The van der Waals surface area contributed by atoms with Crippen LogP contribution in [-0.4, -0.2) is 55.2 Å². The van der Waals surface area contributed by atoms with Gasteiger partial charge in [0.1, 0.15) is 10.7 Å². The molecular formula is C17H21FN4O2S. The zero-order valence-corrected chi connectivity index (χ0v) is 14.9. The Hall–Kier alpha value is -2.03. The molecule has 0 bridgehead atoms. The number of rotatable bonds is 6. The van der Waals surface area contributed by atoms with Gasteiger partial charge in [-0.3, -0.25) is 9.69 Å². The predicted molar refractivity (Wildman–Crippen MR) is 96.1 cm³/mol. The van der Waals surface area contributed by atoms with Crippen molar-refractivity contribution >= 4 is 28.1 Å².